The number of hydrogen-bond donors (Lipinski definition) is 3. The van der Waals surface area contributed by atoms with Gasteiger partial charge in [-0.15, -0.1) is 11.8 Å². The third-order valence-electron chi connectivity index (χ3n) is 5.88. The van der Waals surface area contributed by atoms with Crippen molar-refractivity contribution >= 4 is 35.2 Å². The lowest BCUT2D eigenvalue weighted by atomic mass is 9.76. The summed E-state index contributed by atoms with van der Waals surface area (Å²) in [5, 5.41) is 9.70. The Bertz CT molecular complexity index is 790. The van der Waals surface area contributed by atoms with E-state index in [1.165, 1.54) is 12.1 Å². The Balaban J connectivity index is 1.25. The number of ether oxygens (including phenoxy) is 1. The quantitative estimate of drug-likeness (QED) is 0.647. The molecule has 152 valence electrons. The Kier molecular flexibility index (Phi) is 5.46. The van der Waals surface area contributed by atoms with E-state index in [-0.39, 0.29) is 52.1 Å². The Hall–Kier alpha value is -1.51. The number of nitrogens with one attached hydrogen (secondary N) is 3. The van der Waals surface area contributed by atoms with Gasteiger partial charge in [0.25, 0.3) is 5.91 Å². The maximum atomic E-state index is 13.4. The van der Waals surface area contributed by atoms with Crippen molar-refractivity contribution in [2.45, 2.75) is 49.1 Å². The average molecular weight is 428 g/mol. The lowest BCUT2D eigenvalue weighted by Crippen LogP contribution is -2.57. The number of halogens is 2. The molecule has 1 heterocycles. The summed E-state index contributed by atoms with van der Waals surface area (Å²) in [5.41, 5.74) is -0.200. The van der Waals surface area contributed by atoms with Crippen LogP contribution in [-0.4, -0.2) is 47.2 Å². The molecular formula is C19H23ClFN3O3S. The van der Waals surface area contributed by atoms with Gasteiger partial charge in [0.1, 0.15) is 11.6 Å². The maximum absolute atomic E-state index is 13.4. The summed E-state index contributed by atoms with van der Waals surface area (Å²) >= 11 is 7.37. The number of benzene rings is 1. The molecule has 1 aromatic carbocycles. The van der Waals surface area contributed by atoms with E-state index < -0.39 is 5.82 Å². The first kappa shape index (κ1) is 19.8. The molecule has 4 fully saturated rings. The van der Waals surface area contributed by atoms with Crippen LogP contribution in [-0.2, 0) is 9.59 Å². The number of carbonyl (C=O) groups is 2. The van der Waals surface area contributed by atoms with E-state index in [2.05, 4.69) is 22.9 Å². The Morgan fingerprint density at radius 1 is 1.39 bits per heavy atom. The molecule has 4 aliphatic rings. The summed E-state index contributed by atoms with van der Waals surface area (Å²) in [6, 6.07) is 3.94. The first-order valence-corrected chi connectivity index (χ1v) is 10.8. The first-order valence-electron chi connectivity index (χ1n) is 9.39. The van der Waals surface area contributed by atoms with Crippen LogP contribution in [0.5, 0.6) is 5.75 Å². The highest BCUT2D eigenvalue weighted by Crippen LogP contribution is 2.52. The minimum Gasteiger partial charge on any atom is -0.484 e. The topological polar surface area (TPSA) is 79.5 Å². The van der Waals surface area contributed by atoms with Crippen LogP contribution in [0.3, 0.4) is 0 Å². The van der Waals surface area contributed by atoms with Crippen molar-refractivity contribution in [3.05, 3.63) is 29.0 Å². The van der Waals surface area contributed by atoms with Gasteiger partial charge in [0.2, 0.25) is 5.91 Å². The summed E-state index contributed by atoms with van der Waals surface area (Å²) in [7, 11) is 0. The predicted octanol–water partition coefficient (Wildman–Crippen LogP) is 2.06. The molecule has 3 atom stereocenters. The molecule has 1 aromatic rings. The van der Waals surface area contributed by atoms with Gasteiger partial charge in [-0.2, -0.15) is 0 Å². The van der Waals surface area contributed by atoms with Crippen LogP contribution in [0, 0.1) is 11.7 Å². The van der Waals surface area contributed by atoms with E-state index in [9.17, 15) is 14.0 Å². The highest BCUT2D eigenvalue weighted by molar-refractivity contribution is 8.00. The molecule has 0 aromatic heterocycles. The van der Waals surface area contributed by atoms with Gasteiger partial charge in [-0.05, 0) is 37.3 Å². The maximum Gasteiger partial charge on any atom is 0.258 e. The molecule has 5 rings (SSSR count). The van der Waals surface area contributed by atoms with Crippen molar-refractivity contribution in [3.8, 4) is 5.75 Å². The average Bonchev–Trinajstić information content (AvgIpc) is 3.28. The highest BCUT2D eigenvalue weighted by Gasteiger charge is 2.57. The van der Waals surface area contributed by atoms with E-state index in [0.29, 0.717) is 5.92 Å². The molecule has 3 unspecified atom stereocenters. The Morgan fingerprint density at radius 3 is 2.86 bits per heavy atom. The molecule has 6 nitrogen and oxygen atoms in total. The van der Waals surface area contributed by atoms with E-state index in [1.54, 1.807) is 11.8 Å². The third-order valence-corrected chi connectivity index (χ3v) is 7.32. The molecular weight excluding hydrogens is 405 g/mol. The molecule has 0 spiro atoms. The fourth-order valence-corrected chi connectivity index (χ4v) is 5.51. The van der Waals surface area contributed by atoms with Crippen molar-refractivity contribution in [1.82, 2.24) is 16.0 Å². The number of amides is 2. The molecule has 3 saturated carbocycles. The zero-order valence-electron chi connectivity index (χ0n) is 15.5. The van der Waals surface area contributed by atoms with Crippen molar-refractivity contribution in [3.63, 3.8) is 0 Å². The largest absolute Gasteiger partial charge is 0.484 e. The van der Waals surface area contributed by atoms with Gasteiger partial charge in [0.15, 0.2) is 6.61 Å². The Morgan fingerprint density at radius 2 is 2.18 bits per heavy atom. The molecule has 2 bridgehead atoms. The SMILES string of the molecule is CC1SCNC1C(=O)NC12CC(C1)C(NC(=O)COc1ccc(Cl)c(F)c1)C2. The van der Waals surface area contributed by atoms with Gasteiger partial charge in [0.05, 0.1) is 11.1 Å². The molecule has 1 aliphatic heterocycles. The fraction of sp³-hybridized carbons (Fsp3) is 0.579. The second-order valence-electron chi connectivity index (χ2n) is 7.88. The van der Waals surface area contributed by atoms with Crippen molar-refractivity contribution in [1.29, 1.82) is 0 Å². The highest BCUT2D eigenvalue weighted by atomic mass is 35.5. The van der Waals surface area contributed by atoms with E-state index in [0.717, 1.165) is 31.2 Å². The first-order chi connectivity index (χ1) is 13.3. The number of hydrogen-bond acceptors (Lipinski definition) is 5. The lowest BCUT2D eigenvalue weighted by Gasteiger charge is -2.40. The summed E-state index contributed by atoms with van der Waals surface area (Å²) in [5.74, 6) is 0.643. The molecule has 3 aliphatic carbocycles. The van der Waals surface area contributed by atoms with Crippen LogP contribution < -0.4 is 20.7 Å². The molecule has 9 heteroatoms. The second-order valence-corrected chi connectivity index (χ2v) is 9.65. The number of carbonyl (C=O) groups excluding carboxylic acids is 2. The smallest absolute Gasteiger partial charge is 0.258 e. The lowest BCUT2D eigenvalue weighted by molar-refractivity contribution is -0.126. The number of fused-ring (bicyclic) bond motifs is 1. The predicted molar refractivity (Wildman–Crippen MR) is 106 cm³/mol. The Labute approximate surface area is 172 Å². The second kappa shape index (κ2) is 7.72. The van der Waals surface area contributed by atoms with Crippen LogP contribution >= 0.6 is 23.4 Å². The van der Waals surface area contributed by atoms with Gasteiger partial charge < -0.3 is 15.4 Å². The van der Waals surface area contributed by atoms with Crippen LogP contribution in [0.1, 0.15) is 26.2 Å². The van der Waals surface area contributed by atoms with Gasteiger partial charge >= 0.3 is 0 Å². The number of thioether (sulfide) groups is 1. The van der Waals surface area contributed by atoms with Gasteiger partial charge in [-0.3, -0.25) is 14.9 Å². The minimum atomic E-state index is -0.585. The standard InChI is InChI=1S/C19H23ClFN3O3S/c1-10-17(22-9-28-10)18(26)24-19-5-11(6-19)15(7-19)23-16(25)8-27-12-2-3-13(20)14(21)4-12/h2-4,10-11,15,17,22H,5-9H2,1H3,(H,23,25)(H,24,26). The van der Waals surface area contributed by atoms with Crippen LogP contribution in [0.25, 0.3) is 0 Å². The van der Waals surface area contributed by atoms with Gasteiger partial charge in [-0.1, -0.05) is 18.5 Å². The van der Waals surface area contributed by atoms with Gasteiger partial charge in [-0.25, -0.2) is 4.39 Å². The molecule has 2 amide bonds. The molecule has 3 N–H and O–H groups in total. The van der Waals surface area contributed by atoms with Crippen molar-refractivity contribution in [2.75, 3.05) is 12.5 Å². The van der Waals surface area contributed by atoms with E-state index in [4.69, 9.17) is 16.3 Å². The normalized spacial score (nSPS) is 33.2. The zero-order valence-corrected chi connectivity index (χ0v) is 17.0. The summed E-state index contributed by atoms with van der Waals surface area (Å²) in [4.78, 5) is 24.8. The van der Waals surface area contributed by atoms with Gasteiger partial charge in [0, 0.05) is 28.8 Å². The van der Waals surface area contributed by atoms with Crippen LogP contribution in [0.4, 0.5) is 4.39 Å². The van der Waals surface area contributed by atoms with Crippen molar-refractivity contribution < 1.29 is 18.7 Å². The molecule has 0 radical (unpaired) electrons. The molecule has 28 heavy (non-hydrogen) atoms. The third kappa shape index (κ3) is 3.95. The zero-order chi connectivity index (χ0) is 19.9. The van der Waals surface area contributed by atoms with Crippen LogP contribution in [0.15, 0.2) is 18.2 Å². The van der Waals surface area contributed by atoms with E-state index in [1.807, 2.05) is 0 Å². The minimum absolute atomic E-state index is 0.00988. The molecule has 1 saturated heterocycles. The van der Waals surface area contributed by atoms with E-state index >= 15 is 0 Å². The fourth-order valence-electron chi connectivity index (χ4n) is 4.45. The summed E-state index contributed by atoms with van der Waals surface area (Å²) in [6.45, 7) is 1.87. The monoisotopic (exact) mass is 427 g/mol. The number of rotatable bonds is 6. The van der Waals surface area contributed by atoms with Crippen LogP contribution in [0.2, 0.25) is 5.02 Å². The summed E-state index contributed by atoms with van der Waals surface area (Å²) in [6.07, 6.45) is 2.52. The summed E-state index contributed by atoms with van der Waals surface area (Å²) < 4.78 is 18.8. The van der Waals surface area contributed by atoms with Crippen molar-refractivity contribution in [2.24, 2.45) is 5.92 Å².